The van der Waals surface area contributed by atoms with Crippen LogP contribution in [-0.4, -0.2) is 9.97 Å². The molecule has 0 aliphatic rings. The van der Waals surface area contributed by atoms with Gasteiger partial charge in [-0.2, -0.15) is 0 Å². The van der Waals surface area contributed by atoms with Crippen LogP contribution >= 0.6 is 11.3 Å². The molecule has 2 rings (SSSR count). The number of aryl methyl sites for hydroxylation is 2. The van der Waals surface area contributed by atoms with Gasteiger partial charge in [0.2, 0.25) is 0 Å². The summed E-state index contributed by atoms with van der Waals surface area (Å²) < 4.78 is 13.7. The maximum absolute atomic E-state index is 13.7. The molecule has 0 aliphatic carbocycles. The van der Waals surface area contributed by atoms with Gasteiger partial charge in [0.15, 0.2) is 0 Å². The molecule has 0 aliphatic heterocycles. The van der Waals surface area contributed by atoms with E-state index in [0.29, 0.717) is 5.56 Å². The summed E-state index contributed by atoms with van der Waals surface area (Å²) in [6, 6.07) is 1.23. The highest BCUT2D eigenvalue weighted by molar-refractivity contribution is 7.11. The number of rotatable bonds is 3. The topological polar surface area (TPSA) is 63.8 Å². The van der Waals surface area contributed by atoms with Crippen LogP contribution in [0.3, 0.4) is 0 Å². The van der Waals surface area contributed by atoms with Gasteiger partial charge in [-0.15, -0.1) is 11.3 Å². The van der Waals surface area contributed by atoms with E-state index >= 15 is 0 Å². The number of nitrogens with two attached hydrogens (primary N) is 1. The number of hydrogen-bond acceptors (Lipinski definition) is 5. The number of nitrogens with zero attached hydrogens (tertiary/aromatic N) is 2. The first kappa shape index (κ1) is 12.1. The molecule has 0 amide bonds. The van der Waals surface area contributed by atoms with Crippen molar-refractivity contribution in [1.29, 1.82) is 0 Å². The van der Waals surface area contributed by atoms with Crippen molar-refractivity contribution in [1.82, 2.24) is 15.4 Å². The maximum atomic E-state index is 13.7. The van der Waals surface area contributed by atoms with Crippen LogP contribution in [0.5, 0.6) is 0 Å². The fourth-order valence-corrected chi connectivity index (χ4v) is 2.75. The number of nitrogens with one attached hydrogen (secondary N) is 1. The van der Waals surface area contributed by atoms with Gasteiger partial charge in [0.05, 0.1) is 27.8 Å². The molecule has 0 spiro atoms. The molecule has 0 saturated heterocycles. The van der Waals surface area contributed by atoms with Crippen LogP contribution in [0.25, 0.3) is 0 Å². The Morgan fingerprint density at radius 2 is 2.24 bits per heavy atom. The van der Waals surface area contributed by atoms with Gasteiger partial charge in [-0.05, 0) is 19.9 Å². The van der Waals surface area contributed by atoms with Crippen molar-refractivity contribution in [3.05, 3.63) is 45.4 Å². The molecule has 2 aromatic rings. The third-order valence-electron chi connectivity index (χ3n) is 2.48. The summed E-state index contributed by atoms with van der Waals surface area (Å²) in [5, 5.41) is 0.937. The lowest BCUT2D eigenvalue weighted by atomic mass is 10.1. The van der Waals surface area contributed by atoms with Gasteiger partial charge < -0.3 is 0 Å². The Hall–Kier alpha value is -1.37. The molecule has 0 bridgehead atoms. The summed E-state index contributed by atoms with van der Waals surface area (Å²) in [7, 11) is 0. The lowest BCUT2D eigenvalue weighted by Gasteiger charge is -2.15. The zero-order valence-electron chi connectivity index (χ0n) is 9.57. The van der Waals surface area contributed by atoms with Crippen molar-refractivity contribution in [3.63, 3.8) is 0 Å². The second-order valence-corrected chi connectivity index (χ2v) is 4.91. The Bertz CT molecular complexity index is 526. The molecule has 0 fully saturated rings. The fourth-order valence-electron chi connectivity index (χ4n) is 1.74. The van der Waals surface area contributed by atoms with E-state index < -0.39 is 0 Å². The summed E-state index contributed by atoms with van der Waals surface area (Å²) in [4.78, 5) is 8.97. The van der Waals surface area contributed by atoms with Gasteiger partial charge in [0.25, 0.3) is 0 Å². The number of thiazole rings is 1. The fraction of sp³-hybridized carbons (Fsp3) is 0.273. The second-order valence-electron chi connectivity index (χ2n) is 3.68. The third-order valence-corrected chi connectivity index (χ3v) is 3.62. The molecule has 1 atom stereocenters. The van der Waals surface area contributed by atoms with Crippen LogP contribution in [0.2, 0.25) is 0 Å². The standard InChI is InChI=1S/C11H13FN4S/c1-6-11(17-7(2)15-6)10(16-13)8-3-4-14-5-9(8)12/h3-5,10,16H,13H2,1-2H3. The molecule has 2 aromatic heterocycles. The molecule has 90 valence electrons. The summed E-state index contributed by atoms with van der Waals surface area (Å²) in [5.41, 5.74) is 3.98. The molecular formula is C11H13FN4S. The highest BCUT2D eigenvalue weighted by Gasteiger charge is 2.21. The van der Waals surface area contributed by atoms with E-state index in [1.165, 1.54) is 17.5 Å². The number of pyridine rings is 1. The number of hydrogen-bond donors (Lipinski definition) is 2. The molecule has 4 nitrogen and oxygen atoms in total. The van der Waals surface area contributed by atoms with Crippen LogP contribution < -0.4 is 11.3 Å². The molecule has 17 heavy (non-hydrogen) atoms. The highest BCUT2D eigenvalue weighted by atomic mass is 32.1. The molecule has 3 N–H and O–H groups in total. The minimum absolute atomic E-state index is 0.374. The van der Waals surface area contributed by atoms with E-state index in [1.807, 2.05) is 13.8 Å². The molecular weight excluding hydrogens is 239 g/mol. The smallest absolute Gasteiger partial charge is 0.146 e. The van der Waals surface area contributed by atoms with Crippen molar-refractivity contribution >= 4 is 11.3 Å². The van der Waals surface area contributed by atoms with E-state index in [4.69, 9.17) is 5.84 Å². The first-order valence-electron chi connectivity index (χ1n) is 5.13. The largest absolute Gasteiger partial charge is 0.271 e. The lowest BCUT2D eigenvalue weighted by Crippen LogP contribution is -2.29. The SMILES string of the molecule is Cc1nc(C)c(C(NN)c2ccncc2F)s1. The number of aromatic nitrogens is 2. The van der Waals surface area contributed by atoms with Gasteiger partial charge in [0, 0.05) is 11.8 Å². The van der Waals surface area contributed by atoms with Crippen LogP contribution in [0.4, 0.5) is 4.39 Å². The normalized spacial score (nSPS) is 12.7. The van der Waals surface area contributed by atoms with E-state index in [1.54, 1.807) is 12.3 Å². The van der Waals surface area contributed by atoms with Crippen molar-refractivity contribution in [3.8, 4) is 0 Å². The predicted molar refractivity (Wildman–Crippen MR) is 64.9 cm³/mol. The molecule has 1 unspecified atom stereocenters. The summed E-state index contributed by atoms with van der Waals surface area (Å²) in [6.45, 7) is 3.81. The maximum Gasteiger partial charge on any atom is 0.146 e. The lowest BCUT2D eigenvalue weighted by molar-refractivity contribution is 0.558. The summed E-state index contributed by atoms with van der Waals surface area (Å²) in [6.07, 6.45) is 2.73. The van der Waals surface area contributed by atoms with Crippen molar-refractivity contribution in [2.24, 2.45) is 5.84 Å². The van der Waals surface area contributed by atoms with Crippen LogP contribution in [0, 0.1) is 19.7 Å². The third kappa shape index (κ3) is 2.33. The summed E-state index contributed by atoms with van der Waals surface area (Å²) in [5.74, 6) is 5.15. The summed E-state index contributed by atoms with van der Waals surface area (Å²) >= 11 is 1.51. The average Bonchev–Trinajstić information content (AvgIpc) is 2.62. The van der Waals surface area contributed by atoms with Crippen LogP contribution in [0.1, 0.15) is 27.2 Å². The van der Waals surface area contributed by atoms with Gasteiger partial charge in [-0.25, -0.2) is 14.8 Å². The van der Waals surface area contributed by atoms with Crippen LogP contribution in [0.15, 0.2) is 18.5 Å². The van der Waals surface area contributed by atoms with Gasteiger partial charge >= 0.3 is 0 Å². The Labute approximate surface area is 103 Å². The van der Waals surface area contributed by atoms with Gasteiger partial charge in [-0.1, -0.05) is 0 Å². The van der Waals surface area contributed by atoms with Crippen LogP contribution in [-0.2, 0) is 0 Å². The van der Waals surface area contributed by atoms with Crippen molar-refractivity contribution in [2.45, 2.75) is 19.9 Å². The Morgan fingerprint density at radius 3 is 2.76 bits per heavy atom. The molecule has 0 saturated carbocycles. The highest BCUT2D eigenvalue weighted by Crippen LogP contribution is 2.30. The van der Waals surface area contributed by atoms with Gasteiger partial charge in [-0.3, -0.25) is 10.8 Å². The van der Waals surface area contributed by atoms with E-state index in [9.17, 15) is 4.39 Å². The molecule has 0 aromatic carbocycles. The second kappa shape index (κ2) is 4.87. The first-order chi connectivity index (χ1) is 8.13. The minimum Gasteiger partial charge on any atom is -0.271 e. The Morgan fingerprint density at radius 1 is 1.47 bits per heavy atom. The van der Waals surface area contributed by atoms with E-state index in [-0.39, 0.29) is 11.9 Å². The zero-order valence-corrected chi connectivity index (χ0v) is 10.4. The zero-order chi connectivity index (χ0) is 12.4. The molecule has 0 radical (unpaired) electrons. The van der Waals surface area contributed by atoms with Crippen molar-refractivity contribution in [2.75, 3.05) is 0 Å². The first-order valence-corrected chi connectivity index (χ1v) is 5.94. The number of halogens is 1. The Balaban J connectivity index is 2.47. The molecule has 6 heteroatoms. The van der Waals surface area contributed by atoms with E-state index in [0.717, 1.165) is 15.6 Å². The minimum atomic E-state index is -0.385. The average molecular weight is 252 g/mol. The Kier molecular flexibility index (Phi) is 3.46. The van der Waals surface area contributed by atoms with Crippen molar-refractivity contribution < 1.29 is 4.39 Å². The molecule has 2 heterocycles. The van der Waals surface area contributed by atoms with E-state index in [2.05, 4.69) is 15.4 Å². The predicted octanol–water partition coefficient (Wildman–Crippen LogP) is 1.85. The van der Waals surface area contributed by atoms with Gasteiger partial charge in [0.1, 0.15) is 5.82 Å². The number of hydrazine groups is 1. The monoisotopic (exact) mass is 252 g/mol. The quantitative estimate of drug-likeness (QED) is 0.646.